The van der Waals surface area contributed by atoms with Crippen molar-refractivity contribution in [2.45, 2.75) is 19.8 Å². The van der Waals surface area contributed by atoms with Crippen LogP contribution < -0.4 is 10.6 Å². The third kappa shape index (κ3) is 3.76. The van der Waals surface area contributed by atoms with Crippen molar-refractivity contribution < 1.29 is 4.79 Å². The molecule has 0 radical (unpaired) electrons. The summed E-state index contributed by atoms with van der Waals surface area (Å²) in [4.78, 5) is 17.3. The predicted molar refractivity (Wildman–Crippen MR) is 124 cm³/mol. The highest BCUT2D eigenvalue weighted by Crippen LogP contribution is 2.39. The Labute approximate surface area is 175 Å². The summed E-state index contributed by atoms with van der Waals surface area (Å²) in [5.41, 5.74) is 5.25. The van der Waals surface area contributed by atoms with Crippen LogP contribution in [0.15, 0.2) is 48.5 Å². The van der Waals surface area contributed by atoms with E-state index in [4.69, 9.17) is 4.98 Å². The average molecular weight is 404 g/mol. The summed E-state index contributed by atoms with van der Waals surface area (Å²) in [6, 6.07) is 16.9. The van der Waals surface area contributed by atoms with E-state index in [1.165, 1.54) is 16.9 Å². The Kier molecular flexibility index (Phi) is 5.60. The first-order valence-corrected chi connectivity index (χ1v) is 10.7. The lowest BCUT2D eigenvalue weighted by molar-refractivity contribution is 0.112. The van der Waals surface area contributed by atoms with Gasteiger partial charge >= 0.3 is 0 Å². The van der Waals surface area contributed by atoms with Crippen LogP contribution in [0.4, 0.5) is 5.69 Å². The number of aromatic nitrogens is 1. The summed E-state index contributed by atoms with van der Waals surface area (Å²) < 4.78 is 1.10. The number of hydrogen-bond donors (Lipinski definition) is 2. The summed E-state index contributed by atoms with van der Waals surface area (Å²) >= 11 is 1.52. The lowest BCUT2D eigenvalue weighted by atomic mass is 10.00. The van der Waals surface area contributed by atoms with Gasteiger partial charge in [0, 0.05) is 34.1 Å². The molecule has 5 heteroatoms. The maximum atomic E-state index is 11.6. The van der Waals surface area contributed by atoms with Crippen LogP contribution in [0.1, 0.15) is 35.0 Å². The molecule has 148 valence electrons. The van der Waals surface area contributed by atoms with Crippen LogP contribution in [0.3, 0.4) is 0 Å². The molecule has 29 heavy (non-hydrogen) atoms. The van der Waals surface area contributed by atoms with Gasteiger partial charge in [0.25, 0.3) is 0 Å². The molecule has 0 saturated carbocycles. The van der Waals surface area contributed by atoms with Gasteiger partial charge in [-0.15, -0.1) is 11.3 Å². The van der Waals surface area contributed by atoms with Gasteiger partial charge in [-0.2, -0.15) is 0 Å². The molecule has 0 saturated heterocycles. The van der Waals surface area contributed by atoms with Crippen LogP contribution in [-0.4, -0.2) is 31.4 Å². The third-order valence-corrected chi connectivity index (χ3v) is 6.29. The molecule has 2 aromatic heterocycles. The Hall–Kier alpha value is -2.76. The molecule has 0 aliphatic heterocycles. The quantitative estimate of drug-likeness (QED) is 0.308. The average Bonchev–Trinajstić information content (AvgIpc) is 3.11. The molecular weight excluding hydrogens is 378 g/mol. The molecule has 0 amide bonds. The van der Waals surface area contributed by atoms with Gasteiger partial charge in [0.05, 0.1) is 21.8 Å². The molecule has 0 fully saturated rings. The summed E-state index contributed by atoms with van der Waals surface area (Å²) in [5, 5.41) is 8.72. The van der Waals surface area contributed by atoms with Crippen molar-refractivity contribution in [3.63, 3.8) is 0 Å². The Balaban J connectivity index is 1.80. The van der Waals surface area contributed by atoms with Crippen molar-refractivity contribution in [2.75, 3.05) is 25.5 Å². The van der Waals surface area contributed by atoms with Gasteiger partial charge in [0.1, 0.15) is 0 Å². The number of rotatable bonds is 7. The standard InChI is InChI=1S/C24H25N3OS/c1-15(2)16-4-6-17(7-5-16)19-9-8-18-20(27-19)10-11-21-23(18)24(22(14-28)29-21)26-13-12-25-3/h4-11,14-15,25-26H,12-13H2,1-3H3. The van der Waals surface area contributed by atoms with Gasteiger partial charge in [-0.3, -0.25) is 4.79 Å². The fraction of sp³-hybridized carbons (Fsp3) is 0.250. The van der Waals surface area contributed by atoms with Crippen molar-refractivity contribution in [3.8, 4) is 11.3 Å². The van der Waals surface area contributed by atoms with Crippen molar-refractivity contribution in [1.82, 2.24) is 10.3 Å². The van der Waals surface area contributed by atoms with Crippen molar-refractivity contribution in [2.24, 2.45) is 0 Å². The molecule has 4 aromatic rings. The minimum atomic E-state index is 0.515. The lowest BCUT2D eigenvalue weighted by Gasteiger charge is -2.10. The molecule has 2 N–H and O–H groups in total. The number of aldehydes is 1. The first-order chi connectivity index (χ1) is 14.1. The number of fused-ring (bicyclic) bond motifs is 3. The molecule has 4 nitrogen and oxygen atoms in total. The second-order valence-corrected chi connectivity index (χ2v) is 8.55. The Morgan fingerprint density at radius 3 is 2.52 bits per heavy atom. The van der Waals surface area contributed by atoms with Crippen LogP contribution in [-0.2, 0) is 0 Å². The first kappa shape index (κ1) is 19.6. The summed E-state index contributed by atoms with van der Waals surface area (Å²) in [7, 11) is 1.92. The Bertz CT molecular complexity index is 1160. The number of likely N-dealkylation sites (N-methyl/N-ethyl adjacent to an activating group) is 1. The summed E-state index contributed by atoms with van der Waals surface area (Å²) in [6.45, 7) is 5.98. The molecule has 2 aromatic carbocycles. The third-order valence-electron chi connectivity index (χ3n) is 5.21. The summed E-state index contributed by atoms with van der Waals surface area (Å²) in [5.74, 6) is 0.515. The first-order valence-electron chi connectivity index (χ1n) is 9.92. The SMILES string of the molecule is CNCCNc1c(C=O)sc2ccc3nc(-c4ccc(C(C)C)cc4)ccc3c12. The van der Waals surface area contributed by atoms with Crippen molar-refractivity contribution in [3.05, 3.63) is 59.0 Å². The normalized spacial score (nSPS) is 11.4. The number of carbonyl (C=O) groups is 1. The zero-order valence-corrected chi connectivity index (χ0v) is 17.8. The number of pyridine rings is 1. The summed E-state index contributed by atoms with van der Waals surface area (Å²) in [6.07, 6.45) is 0.941. The maximum Gasteiger partial charge on any atom is 0.162 e. The smallest absolute Gasteiger partial charge is 0.162 e. The van der Waals surface area contributed by atoms with Crippen LogP contribution in [0.5, 0.6) is 0 Å². The molecule has 0 aliphatic carbocycles. The van der Waals surface area contributed by atoms with Crippen LogP contribution in [0.25, 0.3) is 32.2 Å². The highest BCUT2D eigenvalue weighted by atomic mass is 32.1. The van der Waals surface area contributed by atoms with E-state index in [2.05, 4.69) is 66.9 Å². The number of nitrogens with one attached hydrogen (secondary N) is 2. The molecule has 4 rings (SSSR count). The minimum Gasteiger partial charge on any atom is -0.382 e. The van der Waals surface area contributed by atoms with Crippen LogP contribution in [0, 0.1) is 0 Å². The number of nitrogens with zero attached hydrogens (tertiary/aromatic N) is 1. The van der Waals surface area contributed by atoms with Gasteiger partial charge in [-0.1, -0.05) is 38.1 Å². The van der Waals surface area contributed by atoms with Crippen molar-refractivity contribution >= 4 is 44.3 Å². The number of thiophene rings is 1. The van der Waals surface area contributed by atoms with Gasteiger partial charge in [0.2, 0.25) is 0 Å². The molecule has 0 bridgehead atoms. The monoisotopic (exact) mass is 403 g/mol. The van der Waals surface area contributed by atoms with Gasteiger partial charge in [-0.05, 0) is 42.8 Å². The highest BCUT2D eigenvalue weighted by Gasteiger charge is 2.15. The number of carbonyl (C=O) groups excluding carboxylic acids is 1. The molecule has 0 unspecified atom stereocenters. The van der Waals surface area contributed by atoms with E-state index in [-0.39, 0.29) is 0 Å². The molecule has 0 aliphatic rings. The molecular formula is C24H25N3OS. The molecule has 2 heterocycles. The lowest BCUT2D eigenvalue weighted by Crippen LogP contribution is -2.18. The maximum absolute atomic E-state index is 11.6. The fourth-order valence-electron chi connectivity index (χ4n) is 3.59. The van der Waals surface area contributed by atoms with Crippen LogP contribution in [0.2, 0.25) is 0 Å². The predicted octanol–water partition coefficient (Wildman–Crippen LogP) is 5.68. The second kappa shape index (κ2) is 8.31. The number of hydrogen-bond acceptors (Lipinski definition) is 5. The molecule has 0 spiro atoms. The second-order valence-electron chi connectivity index (χ2n) is 7.47. The largest absolute Gasteiger partial charge is 0.382 e. The fourth-order valence-corrected chi connectivity index (χ4v) is 4.60. The Morgan fingerprint density at radius 2 is 1.83 bits per heavy atom. The van der Waals surface area contributed by atoms with E-state index in [1.54, 1.807) is 0 Å². The van der Waals surface area contributed by atoms with E-state index in [1.807, 2.05) is 13.1 Å². The highest BCUT2D eigenvalue weighted by molar-refractivity contribution is 7.21. The number of benzene rings is 2. The van der Waals surface area contributed by atoms with Gasteiger partial charge < -0.3 is 10.6 Å². The van der Waals surface area contributed by atoms with Crippen LogP contribution >= 0.6 is 11.3 Å². The van der Waals surface area contributed by atoms with Crippen molar-refractivity contribution in [1.29, 1.82) is 0 Å². The van der Waals surface area contributed by atoms with E-state index in [9.17, 15) is 4.79 Å². The number of anilines is 1. The van der Waals surface area contributed by atoms with E-state index < -0.39 is 0 Å². The van der Waals surface area contributed by atoms with E-state index in [0.29, 0.717) is 5.92 Å². The minimum absolute atomic E-state index is 0.515. The zero-order chi connectivity index (χ0) is 20.4. The van der Waals surface area contributed by atoms with Gasteiger partial charge in [0.15, 0.2) is 6.29 Å². The Morgan fingerprint density at radius 1 is 1.03 bits per heavy atom. The topological polar surface area (TPSA) is 54.0 Å². The zero-order valence-electron chi connectivity index (χ0n) is 17.0. The molecule has 0 atom stereocenters. The van der Waals surface area contributed by atoms with Gasteiger partial charge in [-0.25, -0.2) is 4.98 Å². The van der Waals surface area contributed by atoms with E-state index in [0.717, 1.165) is 62.2 Å². The van der Waals surface area contributed by atoms with E-state index >= 15 is 0 Å².